The average Bonchev–Trinajstić information content (AvgIpc) is 1.65. The van der Waals surface area contributed by atoms with Crippen molar-refractivity contribution in [3.8, 4) is 0 Å². The van der Waals surface area contributed by atoms with Gasteiger partial charge in [0.1, 0.15) is 0 Å². The summed E-state index contributed by atoms with van der Waals surface area (Å²) < 4.78 is 8.69. The van der Waals surface area contributed by atoms with Gasteiger partial charge in [0, 0.05) is 14.2 Å². The number of rotatable bonds is 2. The van der Waals surface area contributed by atoms with Crippen LogP contribution in [0.3, 0.4) is 0 Å². The van der Waals surface area contributed by atoms with Crippen LogP contribution in [-0.4, -0.2) is 20.6 Å². The number of hydrogen-bond donors (Lipinski definition) is 0. The smallest absolute Gasteiger partial charge is 0.628 e. The summed E-state index contributed by atoms with van der Waals surface area (Å²) >= 11 is 0. The van der Waals surface area contributed by atoms with Crippen LogP contribution in [0.25, 0.3) is 5.73 Å². The zero-order valence-corrected chi connectivity index (χ0v) is 15.7. The molecule has 3 nitrogen and oxygen atoms in total. The predicted molar refractivity (Wildman–Crippen MR) is 22.1 cm³/mol. The van der Waals surface area contributed by atoms with Gasteiger partial charge in [0.15, 0.2) is 0 Å². The Morgan fingerprint density at radius 2 is 1.38 bits per heavy atom. The summed E-state index contributed by atoms with van der Waals surface area (Å²) in [4.78, 5) is 0. The van der Waals surface area contributed by atoms with E-state index < -0.39 is 6.41 Å². The van der Waals surface area contributed by atoms with E-state index in [-0.39, 0.29) is 116 Å². The Bertz CT molecular complexity index is 34.5. The van der Waals surface area contributed by atoms with E-state index in [0.717, 1.165) is 0 Å². The summed E-state index contributed by atoms with van der Waals surface area (Å²) in [6.07, 6.45) is -0.815. The maximum absolute atomic E-state index is 6.62. The van der Waals surface area contributed by atoms with Crippen molar-refractivity contribution >= 4 is 0 Å². The van der Waals surface area contributed by atoms with Gasteiger partial charge in [-0.05, 0) is 0 Å². The van der Waals surface area contributed by atoms with Crippen LogP contribution in [0.15, 0.2) is 0 Å². The molecular weight excluding hydrogens is 253 g/mol. The first-order valence-electron chi connectivity index (χ1n) is 1.58. The minimum atomic E-state index is -0.815. The van der Waals surface area contributed by atoms with E-state index in [1.807, 2.05) is 0 Å². The van der Waals surface area contributed by atoms with E-state index >= 15 is 0 Å². The van der Waals surface area contributed by atoms with Crippen molar-refractivity contribution in [2.24, 2.45) is 0 Å². The molecule has 0 saturated carbocycles. The Morgan fingerprint density at radius 1 is 1.12 bits per heavy atom. The average molecular weight is 261 g/mol. The Hall–Kier alpha value is 3.49. The molecule has 0 saturated heterocycles. The molecule has 0 radical (unpaired) electrons. The fourth-order valence-corrected chi connectivity index (χ4v) is 0.0962. The molecular formula is C3H8NO2Rb2+. The topological polar surface area (TPSA) is 42.3 Å². The molecule has 5 heteroatoms. The molecule has 0 aromatic rings. The van der Waals surface area contributed by atoms with E-state index in [9.17, 15) is 0 Å². The van der Waals surface area contributed by atoms with E-state index in [4.69, 9.17) is 5.73 Å². The minimum Gasteiger partial charge on any atom is -0.628 e. The van der Waals surface area contributed by atoms with Crippen LogP contribution in [0.1, 0.15) is 0 Å². The van der Waals surface area contributed by atoms with Crippen LogP contribution in [0.5, 0.6) is 0 Å². The summed E-state index contributed by atoms with van der Waals surface area (Å²) in [6, 6.07) is 0. The van der Waals surface area contributed by atoms with Crippen molar-refractivity contribution in [1.82, 2.24) is 0 Å². The van der Waals surface area contributed by atoms with Crippen LogP contribution in [0.4, 0.5) is 0 Å². The van der Waals surface area contributed by atoms with E-state index in [0.29, 0.717) is 0 Å². The van der Waals surface area contributed by atoms with Gasteiger partial charge in [-0.2, -0.15) is 0 Å². The standard InChI is InChI=1S/C3H8NO2.2Rb/c1-5-3(4)6-2;;/h3-4H,1-2H3;;/q-1;2*+1. The Balaban J connectivity index is -0.000000125. The molecule has 0 rings (SSSR count). The Labute approximate surface area is 148 Å². The van der Waals surface area contributed by atoms with Crippen LogP contribution < -0.4 is 116 Å². The molecule has 8 heavy (non-hydrogen) atoms. The first kappa shape index (κ1) is 17.5. The molecule has 0 aliphatic carbocycles. The molecule has 0 fully saturated rings. The molecule has 0 unspecified atom stereocenters. The van der Waals surface area contributed by atoms with Gasteiger partial charge < -0.3 is 15.2 Å². The van der Waals surface area contributed by atoms with Crippen molar-refractivity contribution in [3.05, 3.63) is 5.73 Å². The normalized spacial score (nSPS) is 7.50. The maximum atomic E-state index is 6.62. The summed E-state index contributed by atoms with van der Waals surface area (Å²) in [5.74, 6) is 0. The van der Waals surface area contributed by atoms with Gasteiger partial charge in [0.25, 0.3) is 0 Å². The monoisotopic (exact) mass is 260 g/mol. The van der Waals surface area contributed by atoms with E-state index in [1.165, 1.54) is 14.2 Å². The fourth-order valence-electron chi connectivity index (χ4n) is 0.0962. The molecule has 0 atom stereocenters. The van der Waals surface area contributed by atoms with Gasteiger partial charge >= 0.3 is 116 Å². The number of methoxy groups -OCH3 is 2. The van der Waals surface area contributed by atoms with Crippen molar-refractivity contribution in [3.63, 3.8) is 0 Å². The molecule has 0 aliphatic heterocycles. The third-order valence-electron chi connectivity index (χ3n) is 0.428. The zero-order chi connectivity index (χ0) is 4.99. The van der Waals surface area contributed by atoms with Crippen LogP contribution in [0.2, 0.25) is 0 Å². The molecule has 38 valence electrons. The summed E-state index contributed by atoms with van der Waals surface area (Å²) in [5.41, 5.74) is 6.62. The van der Waals surface area contributed by atoms with Gasteiger partial charge in [0.2, 0.25) is 0 Å². The summed E-state index contributed by atoms with van der Waals surface area (Å²) in [7, 11) is 2.84. The van der Waals surface area contributed by atoms with Gasteiger partial charge in [0.05, 0.1) is 6.41 Å². The Morgan fingerprint density at radius 3 is 1.38 bits per heavy atom. The van der Waals surface area contributed by atoms with Gasteiger partial charge in [-0.1, -0.05) is 0 Å². The maximum Gasteiger partial charge on any atom is 1.00 e. The summed E-state index contributed by atoms with van der Waals surface area (Å²) in [5, 5.41) is 0. The van der Waals surface area contributed by atoms with Crippen molar-refractivity contribution < 1.29 is 126 Å². The molecule has 0 bridgehead atoms. The SMILES string of the molecule is COC([NH-])OC.[Rb+].[Rb+]. The largest absolute Gasteiger partial charge is 1.00 e. The van der Waals surface area contributed by atoms with Crippen LogP contribution in [0, 0.1) is 0 Å². The molecule has 0 aromatic carbocycles. The second kappa shape index (κ2) is 13.1. The van der Waals surface area contributed by atoms with Gasteiger partial charge in [-0.25, -0.2) is 0 Å². The minimum absolute atomic E-state index is 0. The first-order chi connectivity index (χ1) is 2.81. The fraction of sp³-hybridized carbons (Fsp3) is 1.00. The predicted octanol–water partition coefficient (Wildman–Crippen LogP) is -5.38. The van der Waals surface area contributed by atoms with Crippen molar-refractivity contribution in [1.29, 1.82) is 0 Å². The van der Waals surface area contributed by atoms with E-state index in [1.54, 1.807) is 0 Å². The second-order valence-electron chi connectivity index (χ2n) is 0.803. The molecule has 0 amide bonds. The molecule has 0 aromatic heterocycles. The number of hydrogen-bond acceptors (Lipinski definition) is 2. The van der Waals surface area contributed by atoms with Crippen molar-refractivity contribution in [2.45, 2.75) is 6.41 Å². The van der Waals surface area contributed by atoms with Crippen LogP contribution in [-0.2, 0) is 9.47 Å². The zero-order valence-electron chi connectivity index (χ0n) is 5.89. The third kappa shape index (κ3) is 12.2. The number of nitrogens with one attached hydrogen (secondary N) is 1. The second-order valence-corrected chi connectivity index (χ2v) is 0.803. The third-order valence-corrected chi connectivity index (χ3v) is 0.428. The van der Waals surface area contributed by atoms with Crippen molar-refractivity contribution in [2.75, 3.05) is 14.2 Å². The van der Waals surface area contributed by atoms with Gasteiger partial charge in [-0.15, -0.1) is 0 Å². The summed E-state index contributed by atoms with van der Waals surface area (Å²) in [6.45, 7) is 0. The molecule has 0 spiro atoms. The molecule has 0 heterocycles. The molecule has 1 N–H and O–H groups in total. The van der Waals surface area contributed by atoms with Gasteiger partial charge in [-0.3, -0.25) is 0 Å². The van der Waals surface area contributed by atoms with E-state index in [2.05, 4.69) is 9.47 Å². The quantitative estimate of drug-likeness (QED) is 0.466. The van der Waals surface area contributed by atoms with Crippen LogP contribution >= 0.6 is 0 Å². The Kier molecular flexibility index (Phi) is 28.7. The molecule has 0 aliphatic rings. The number of ether oxygens (including phenoxy) is 2. The first-order valence-corrected chi connectivity index (χ1v) is 1.58.